The molecule has 1 aliphatic heterocycles. The van der Waals surface area contributed by atoms with E-state index in [1.54, 1.807) is 18.2 Å². The second-order valence-corrected chi connectivity index (χ2v) is 6.05. The quantitative estimate of drug-likeness (QED) is 0.872. The van der Waals surface area contributed by atoms with Crippen molar-refractivity contribution in [3.8, 4) is 11.5 Å². The molecule has 0 aromatic heterocycles. The van der Waals surface area contributed by atoms with Crippen LogP contribution in [0.4, 0.5) is 0 Å². The second kappa shape index (κ2) is 6.07. The number of halogens is 1. The molecule has 0 fully saturated rings. The summed E-state index contributed by atoms with van der Waals surface area (Å²) in [4.78, 5) is 14.4. The van der Waals surface area contributed by atoms with Crippen molar-refractivity contribution < 1.29 is 14.6 Å². The molecule has 0 atom stereocenters. The normalized spacial score (nSPS) is 15.1. The van der Waals surface area contributed by atoms with Crippen molar-refractivity contribution in [3.63, 3.8) is 0 Å². The maximum Gasteiger partial charge on any atom is 0.231 e. The summed E-state index contributed by atoms with van der Waals surface area (Å²) < 4.78 is 5.76. The number of allylic oxidation sites excluding steroid dienone is 1. The molecule has 1 N–H and O–H groups in total. The molecule has 1 heterocycles. The Morgan fingerprint density at radius 1 is 1.22 bits per heavy atom. The summed E-state index contributed by atoms with van der Waals surface area (Å²) in [6.45, 7) is 0.474. The van der Waals surface area contributed by atoms with Gasteiger partial charge in [0, 0.05) is 11.6 Å². The minimum Gasteiger partial charge on any atom is -0.507 e. The van der Waals surface area contributed by atoms with Gasteiger partial charge in [-0.05, 0) is 43.9 Å². The smallest absolute Gasteiger partial charge is 0.231 e. The third kappa shape index (κ3) is 2.96. The number of ether oxygens (including phenoxy) is 1. The highest BCUT2D eigenvalue weighted by Crippen LogP contribution is 2.40. The van der Waals surface area contributed by atoms with Gasteiger partial charge in [0.15, 0.2) is 5.76 Å². The van der Waals surface area contributed by atoms with E-state index in [1.165, 1.54) is 6.07 Å². The number of phenolic OH excluding ortho intramolecular Hbond substituents is 1. The fourth-order valence-electron chi connectivity index (χ4n) is 2.50. The Balaban J connectivity index is 2.04. The van der Waals surface area contributed by atoms with Gasteiger partial charge in [0.25, 0.3) is 0 Å². The van der Waals surface area contributed by atoms with Gasteiger partial charge in [0.1, 0.15) is 11.5 Å². The van der Waals surface area contributed by atoms with Gasteiger partial charge in [0.2, 0.25) is 5.78 Å². The van der Waals surface area contributed by atoms with Crippen LogP contribution in [-0.2, 0) is 6.54 Å². The number of hydrogen-bond acceptors (Lipinski definition) is 4. The fraction of sp³-hybridized carbons (Fsp3) is 0.167. The Morgan fingerprint density at radius 2 is 1.96 bits per heavy atom. The van der Waals surface area contributed by atoms with Gasteiger partial charge in [-0.3, -0.25) is 4.79 Å². The number of fused-ring (bicyclic) bond motifs is 1. The Labute approximate surface area is 139 Å². The molecule has 0 amide bonds. The van der Waals surface area contributed by atoms with E-state index in [0.29, 0.717) is 34.0 Å². The number of benzene rings is 2. The maximum absolute atomic E-state index is 12.5. The van der Waals surface area contributed by atoms with E-state index in [9.17, 15) is 9.90 Å². The number of carbonyl (C=O) groups excluding carboxylic acids is 1. The predicted molar refractivity (Wildman–Crippen MR) is 89.9 cm³/mol. The number of nitrogens with zero attached hydrogens (tertiary/aromatic N) is 1. The molecule has 5 heteroatoms. The molecule has 0 aliphatic carbocycles. The number of ketones is 1. The molecule has 0 radical (unpaired) electrons. The first-order valence-electron chi connectivity index (χ1n) is 7.15. The van der Waals surface area contributed by atoms with E-state index in [0.717, 1.165) is 0 Å². The van der Waals surface area contributed by atoms with Crippen molar-refractivity contribution >= 4 is 23.5 Å². The number of carbonyl (C=O) groups is 1. The Bertz CT molecular complexity index is 812. The highest BCUT2D eigenvalue weighted by atomic mass is 35.5. The van der Waals surface area contributed by atoms with Gasteiger partial charge in [-0.1, -0.05) is 29.8 Å². The van der Waals surface area contributed by atoms with Crippen LogP contribution in [-0.4, -0.2) is 29.9 Å². The first-order valence-corrected chi connectivity index (χ1v) is 7.53. The average molecular weight is 330 g/mol. The highest BCUT2D eigenvalue weighted by Gasteiger charge is 2.31. The molecule has 2 aromatic rings. The summed E-state index contributed by atoms with van der Waals surface area (Å²) in [6.07, 6.45) is 1.63. The second-order valence-electron chi connectivity index (χ2n) is 5.64. The van der Waals surface area contributed by atoms with Crippen LogP contribution in [0.5, 0.6) is 11.5 Å². The van der Waals surface area contributed by atoms with E-state index < -0.39 is 0 Å². The molecule has 0 saturated heterocycles. The molecule has 0 unspecified atom stereocenters. The van der Waals surface area contributed by atoms with E-state index in [2.05, 4.69) is 0 Å². The molecular weight excluding hydrogens is 314 g/mol. The molecule has 1 aliphatic rings. The van der Waals surface area contributed by atoms with Gasteiger partial charge in [-0.2, -0.15) is 0 Å². The predicted octanol–water partition coefficient (Wildman–Crippen LogP) is 3.72. The summed E-state index contributed by atoms with van der Waals surface area (Å²) in [5, 5.41) is 10.6. The SMILES string of the molecule is CN(C)Cc1c(O)ccc2c1OC(=Cc1ccccc1Cl)C2=O. The van der Waals surface area contributed by atoms with E-state index in [1.807, 2.05) is 37.2 Å². The van der Waals surface area contributed by atoms with Crippen molar-refractivity contribution in [3.05, 3.63) is 63.9 Å². The topological polar surface area (TPSA) is 49.8 Å². The lowest BCUT2D eigenvalue weighted by Crippen LogP contribution is -2.11. The van der Waals surface area contributed by atoms with Crippen molar-refractivity contribution in [2.45, 2.75) is 6.54 Å². The van der Waals surface area contributed by atoms with Crippen LogP contribution in [0.2, 0.25) is 5.02 Å². The Kier molecular flexibility index (Phi) is 4.11. The van der Waals surface area contributed by atoms with Gasteiger partial charge in [0.05, 0.1) is 11.1 Å². The van der Waals surface area contributed by atoms with Crippen LogP contribution in [0.3, 0.4) is 0 Å². The van der Waals surface area contributed by atoms with Gasteiger partial charge in [-0.15, -0.1) is 0 Å². The molecule has 2 aromatic carbocycles. The van der Waals surface area contributed by atoms with Crippen LogP contribution in [0, 0.1) is 0 Å². The van der Waals surface area contributed by atoms with E-state index in [4.69, 9.17) is 16.3 Å². The van der Waals surface area contributed by atoms with Crippen molar-refractivity contribution in [1.82, 2.24) is 4.90 Å². The lowest BCUT2D eigenvalue weighted by Gasteiger charge is -2.14. The molecule has 0 spiro atoms. The van der Waals surface area contributed by atoms with Crippen molar-refractivity contribution in [2.75, 3.05) is 14.1 Å². The summed E-state index contributed by atoms with van der Waals surface area (Å²) in [7, 11) is 3.77. The number of aromatic hydroxyl groups is 1. The minimum atomic E-state index is -0.208. The molecule has 4 nitrogen and oxygen atoms in total. The molecule has 118 valence electrons. The fourth-order valence-corrected chi connectivity index (χ4v) is 2.69. The van der Waals surface area contributed by atoms with Crippen LogP contribution in [0.1, 0.15) is 21.5 Å². The summed E-state index contributed by atoms with van der Waals surface area (Å²) in [5.41, 5.74) is 1.77. The van der Waals surface area contributed by atoms with Crippen LogP contribution in [0.15, 0.2) is 42.2 Å². The van der Waals surface area contributed by atoms with Crippen molar-refractivity contribution in [1.29, 1.82) is 0 Å². The molecular formula is C18H16ClNO3. The van der Waals surface area contributed by atoms with E-state index in [-0.39, 0.29) is 17.3 Å². The van der Waals surface area contributed by atoms with Gasteiger partial charge in [-0.25, -0.2) is 0 Å². The van der Waals surface area contributed by atoms with E-state index >= 15 is 0 Å². The van der Waals surface area contributed by atoms with Crippen LogP contribution >= 0.6 is 11.6 Å². The third-order valence-corrected chi connectivity index (χ3v) is 3.93. The number of phenols is 1. The third-order valence-electron chi connectivity index (χ3n) is 3.58. The summed E-state index contributed by atoms with van der Waals surface area (Å²) >= 11 is 6.13. The Hall–Kier alpha value is -2.30. The van der Waals surface area contributed by atoms with Crippen molar-refractivity contribution in [2.24, 2.45) is 0 Å². The zero-order valence-electron chi connectivity index (χ0n) is 12.8. The molecule has 3 rings (SSSR count). The Morgan fingerprint density at radius 3 is 2.65 bits per heavy atom. The molecule has 23 heavy (non-hydrogen) atoms. The number of rotatable bonds is 3. The molecule has 0 saturated carbocycles. The molecule has 0 bridgehead atoms. The summed E-state index contributed by atoms with van der Waals surface area (Å²) in [5.74, 6) is 0.532. The minimum absolute atomic E-state index is 0.115. The van der Waals surface area contributed by atoms with Gasteiger partial charge >= 0.3 is 0 Å². The average Bonchev–Trinajstić information content (AvgIpc) is 2.81. The largest absolute Gasteiger partial charge is 0.507 e. The lowest BCUT2D eigenvalue weighted by atomic mass is 10.0. The zero-order chi connectivity index (χ0) is 16.6. The first kappa shape index (κ1) is 15.6. The standard InChI is InChI=1S/C18H16ClNO3/c1-20(2)10-13-15(21)8-7-12-17(22)16(23-18(12)13)9-11-5-3-4-6-14(11)19/h3-9,21H,10H2,1-2H3. The maximum atomic E-state index is 12.5. The highest BCUT2D eigenvalue weighted by molar-refractivity contribution is 6.32. The number of Topliss-reactive ketones (excluding diaryl/α,β-unsaturated/α-hetero) is 1. The monoisotopic (exact) mass is 329 g/mol. The first-order chi connectivity index (χ1) is 11.0. The lowest BCUT2D eigenvalue weighted by molar-refractivity contribution is 0.101. The summed E-state index contributed by atoms with van der Waals surface area (Å²) in [6, 6.07) is 10.3. The van der Waals surface area contributed by atoms with Crippen LogP contribution in [0.25, 0.3) is 6.08 Å². The number of hydrogen-bond donors (Lipinski definition) is 1. The van der Waals surface area contributed by atoms with Gasteiger partial charge < -0.3 is 14.7 Å². The van der Waals surface area contributed by atoms with Crippen LogP contribution < -0.4 is 4.74 Å². The zero-order valence-corrected chi connectivity index (χ0v) is 13.6.